The van der Waals surface area contributed by atoms with Crippen LogP contribution in [0.2, 0.25) is 0 Å². The Kier molecular flexibility index (Phi) is 7.12. The lowest BCUT2D eigenvalue weighted by atomic mass is 10.2. The van der Waals surface area contributed by atoms with Gasteiger partial charge in [0.15, 0.2) is 0 Å². The van der Waals surface area contributed by atoms with Crippen molar-refractivity contribution in [3.8, 4) is 5.75 Å². The lowest BCUT2D eigenvalue weighted by Gasteiger charge is -2.21. The normalized spacial score (nSPS) is 11.9. The fraction of sp³-hybridized carbons (Fsp3) is 0.278. The Hall–Kier alpha value is -2.68. The largest absolute Gasteiger partial charge is 0.435 e. The lowest BCUT2D eigenvalue weighted by molar-refractivity contribution is -0.384. The van der Waals surface area contributed by atoms with E-state index >= 15 is 0 Å². The number of amides is 1. The van der Waals surface area contributed by atoms with E-state index < -0.39 is 16.8 Å². The highest BCUT2D eigenvalue weighted by Gasteiger charge is 2.19. The Balaban J connectivity index is 1.92. The quantitative estimate of drug-likeness (QED) is 0.377. The third kappa shape index (κ3) is 6.21. The third-order valence-corrected chi connectivity index (χ3v) is 4.75. The number of nitro groups is 1. The van der Waals surface area contributed by atoms with Crippen LogP contribution in [0.5, 0.6) is 5.75 Å². The number of nitrogens with zero attached hydrogens (tertiary/aromatic N) is 2. The molecule has 2 rings (SSSR count). The molecule has 0 spiro atoms. The standard InChI is InChI=1S/C18H18F2N2O4S/c1-12(27-16-9-5-14(6-10-16)22(24)25)17(23)21(2)11-13-3-7-15(8-4-13)26-18(19)20/h3-10,12,18H,11H2,1-2H3. The van der Waals surface area contributed by atoms with Crippen molar-refractivity contribution in [1.82, 2.24) is 4.90 Å². The van der Waals surface area contributed by atoms with Gasteiger partial charge in [0.1, 0.15) is 5.75 Å². The van der Waals surface area contributed by atoms with E-state index in [1.807, 2.05) is 0 Å². The van der Waals surface area contributed by atoms with Gasteiger partial charge in [0.05, 0.1) is 10.2 Å². The first-order valence-electron chi connectivity index (χ1n) is 7.96. The maximum absolute atomic E-state index is 12.5. The molecule has 0 saturated heterocycles. The number of nitro benzene ring substituents is 1. The molecule has 0 aliphatic rings. The van der Waals surface area contributed by atoms with Crippen molar-refractivity contribution in [3.05, 3.63) is 64.2 Å². The number of carbonyl (C=O) groups excluding carboxylic acids is 1. The van der Waals surface area contributed by atoms with Gasteiger partial charge in [-0.2, -0.15) is 8.78 Å². The molecule has 9 heteroatoms. The lowest BCUT2D eigenvalue weighted by Crippen LogP contribution is -2.32. The third-order valence-electron chi connectivity index (χ3n) is 3.65. The molecule has 1 atom stereocenters. The van der Waals surface area contributed by atoms with Gasteiger partial charge in [-0.1, -0.05) is 12.1 Å². The van der Waals surface area contributed by atoms with Gasteiger partial charge >= 0.3 is 6.61 Å². The van der Waals surface area contributed by atoms with Crippen LogP contribution in [0.4, 0.5) is 14.5 Å². The number of non-ortho nitro benzene ring substituents is 1. The molecule has 0 aliphatic carbocycles. The minimum atomic E-state index is -2.88. The van der Waals surface area contributed by atoms with Crippen molar-refractivity contribution in [2.75, 3.05) is 7.05 Å². The van der Waals surface area contributed by atoms with Crippen LogP contribution in [0.15, 0.2) is 53.4 Å². The predicted molar refractivity (Wildman–Crippen MR) is 98.0 cm³/mol. The SMILES string of the molecule is CC(Sc1ccc([N+](=O)[O-])cc1)C(=O)N(C)Cc1ccc(OC(F)F)cc1. The number of carbonyl (C=O) groups is 1. The zero-order chi connectivity index (χ0) is 20.0. The highest BCUT2D eigenvalue weighted by Crippen LogP contribution is 2.26. The van der Waals surface area contributed by atoms with Gasteiger partial charge in [0.2, 0.25) is 5.91 Å². The molecule has 0 heterocycles. The number of thioether (sulfide) groups is 1. The van der Waals surface area contributed by atoms with E-state index in [0.717, 1.165) is 10.5 Å². The number of hydrogen-bond donors (Lipinski definition) is 0. The van der Waals surface area contributed by atoms with Crippen molar-refractivity contribution >= 4 is 23.4 Å². The van der Waals surface area contributed by atoms with Crippen LogP contribution in [-0.2, 0) is 11.3 Å². The number of alkyl halides is 2. The van der Waals surface area contributed by atoms with Gasteiger partial charge in [0, 0.05) is 30.6 Å². The average molecular weight is 396 g/mol. The van der Waals surface area contributed by atoms with Gasteiger partial charge in [-0.15, -0.1) is 11.8 Å². The highest BCUT2D eigenvalue weighted by molar-refractivity contribution is 8.00. The van der Waals surface area contributed by atoms with Crippen LogP contribution in [0, 0.1) is 10.1 Å². The van der Waals surface area contributed by atoms with Crippen molar-refractivity contribution in [2.45, 2.75) is 30.2 Å². The Morgan fingerprint density at radius 1 is 1.19 bits per heavy atom. The molecular weight excluding hydrogens is 378 g/mol. The summed E-state index contributed by atoms with van der Waals surface area (Å²) in [5, 5.41) is 10.3. The van der Waals surface area contributed by atoms with E-state index in [2.05, 4.69) is 4.74 Å². The van der Waals surface area contributed by atoms with Crippen LogP contribution >= 0.6 is 11.8 Å². The summed E-state index contributed by atoms with van der Waals surface area (Å²) in [4.78, 5) is 25.0. The summed E-state index contributed by atoms with van der Waals surface area (Å²) in [6, 6.07) is 12.1. The van der Waals surface area contributed by atoms with Gasteiger partial charge in [-0.3, -0.25) is 14.9 Å². The molecular formula is C18H18F2N2O4S. The van der Waals surface area contributed by atoms with Crippen LogP contribution in [-0.4, -0.2) is 34.6 Å². The summed E-state index contributed by atoms with van der Waals surface area (Å²) in [5.74, 6) is -0.0592. The van der Waals surface area contributed by atoms with Gasteiger partial charge < -0.3 is 9.64 Å². The zero-order valence-electron chi connectivity index (χ0n) is 14.7. The van der Waals surface area contributed by atoms with Crippen molar-refractivity contribution in [2.24, 2.45) is 0 Å². The molecule has 0 N–H and O–H groups in total. The average Bonchev–Trinajstić information content (AvgIpc) is 2.62. The minimum Gasteiger partial charge on any atom is -0.435 e. The number of benzene rings is 2. The monoisotopic (exact) mass is 396 g/mol. The van der Waals surface area contributed by atoms with Gasteiger partial charge in [-0.05, 0) is 36.8 Å². The fourth-order valence-electron chi connectivity index (χ4n) is 2.34. The predicted octanol–water partition coefficient (Wildman–Crippen LogP) is 4.34. The van der Waals surface area contributed by atoms with E-state index in [0.29, 0.717) is 6.54 Å². The second kappa shape index (κ2) is 9.31. The highest BCUT2D eigenvalue weighted by atomic mass is 32.2. The summed E-state index contributed by atoms with van der Waals surface area (Å²) >= 11 is 1.30. The molecule has 2 aromatic carbocycles. The molecule has 6 nitrogen and oxygen atoms in total. The number of rotatable bonds is 8. The Morgan fingerprint density at radius 3 is 2.30 bits per heavy atom. The smallest absolute Gasteiger partial charge is 0.387 e. The zero-order valence-corrected chi connectivity index (χ0v) is 15.5. The van der Waals surface area contributed by atoms with Crippen LogP contribution < -0.4 is 4.74 Å². The second-order valence-corrected chi connectivity index (χ2v) is 7.14. The van der Waals surface area contributed by atoms with E-state index in [-0.39, 0.29) is 17.3 Å². The van der Waals surface area contributed by atoms with Gasteiger partial charge in [0.25, 0.3) is 5.69 Å². The first-order valence-corrected chi connectivity index (χ1v) is 8.84. The number of hydrogen-bond acceptors (Lipinski definition) is 5. The summed E-state index contributed by atoms with van der Waals surface area (Å²) in [5.41, 5.74) is 0.773. The van der Waals surface area contributed by atoms with Gasteiger partial charge in [-0.25, -0.2) is 0 Å². The van der Waals surface area contributed by atoms with E-state index in [1.165, 1.54) is 40.9 Å². The second-order valence-electron chi connectivity index (χ2n) is 5.73. The molecule has 0 aromatic heterocycles. The molecule has 0 saturated carbocycles. The Labute approximate surface area is 159 Å². The molecule has 0 fully saturated rings. The summed E-state index contributed by atoms with van der Waals surface area (Å²) in [6.07, 6.45) is 0. The Morgan fingerprint density at radius 2 is 1.78 bits per heavy atom. The maximum Gasteiger partial charge on any atom is 0.387 e. The summed E-state index contributed by atoms with van der Waals surface area (Å²) in [7, 11) is 1.65. The first-order chi connectivity index (χ1) is 12.8. The molecule has 144 valence electrons. The number of halogens is 2. The number of ether oxygens (including phenoxy) is 1. The molecule has 0 aliphatic heterocycles. The topological polar surface area (TPSA) is 72.7 Å². The molecule has 0 radical (unpaired) electrons. The molecule has 1 unspecified atom stereocenters. The minimum absolute atomic E-state index is 0.00489. The fourth-order valence-corrected chi connectivity index (χ4v) is 3.32. The van der Waals surface area contributed by atoms with Crippen LogP contribution in [0.3, 0.4) is 0 Å². The summed E-state index contributed by atoms with van der Waals surface area (Å²) in [6.45, 7) is -0.805. The first kappa shape index (κ1) is 20.6. The van der Waals surface area contributed by atoms with Crippen molar-refractivity contribution < 1.29 is 23.2 Å². The Bertz CT molecular complexity index is 785. The van der Waals surface area contributed by atoms with E-state index in [1.54, 1.807) is 38.2 Å². The molecule has 2 aromatic rings. The van der Waals surface area contributed by atoms with Crippen molar-refractivity contribution in [3.63, 3.8) is 0 Å². The van der Waals surface area contributed by atoms with E-state index in [9.17, 15) is 23.7 Å². The maximum atomic E-state index is 12.5. The molecule has 1 amide bonds. The summed E-state index contributed by atoms with van der Waals surface area (Å²) < 4.78 is 28.6. The molecule has 0 bridgehead atoms. The molecule has 27 heavy (non-hydrogen) atoms. The van der Waals surface area contributed by atoms with Crippen LogP contribution in [0.1, 0.15) is 12.5 Å². The van der Waals surface area contributed by atoms with Crippen molar-refractivity contribution in [1.29, 1.82) is 0 Å². The van der Waals surface area contributed by atoms with E-state index in [4.69, 9.17) is 0 Å². The van der Waals surface area contributed by atoms with Crippen LogP contribution in [0.25, 0.3) is 0 Å².